The number of unbranched alkanes of at least 4 members (excludes halogenated alkanes) is 2. The van der Waals surface area contributed by atoms with E-state index in [9.17, 15) is 0 Å². The molecule has 0 aliphatic carbocycles. The SMILES string of the molecule is CCCCCOc1cc(N)cc(Cl)c1. The highest BCUT2D eigenvalue weighted by Gasteiger charge is 1.97. The van der Waals surface area contributed by atoms with Gasteiger partial charge >= 0.3 is 0 Å². The molecule has 1 aromatic carbocycles. The molecule has 0 aliphatic rings. The predicted molar refractivity (Wildman–Crippen MR) is 60.9 cm³/mol. The predicted octanol–water partition coefficient (Wildman–Crippen LogP) is 3.49. The quantitative estimate of drug-likeness (QED) is 0.600. The van der Waals surface area contributed by atoms with Crippen molar-refractivity contribution in [2.75, 3.05) is 12.3 Å². The van der Waals surface area contributed by atoms with E-state index in [1.54, 1.807) is 18.2 Å². The first kappa shape index (κ1) is 11.2. The Bertz CT molecular complexity index is 268. The van der Waals surface area contributed by atoms with Crippen LogP contribution in [-0.2, 0) is 0 Å². The van der Waals surface area contributed by atoms with E-state index < -0.39 is 0 Å². The molecule has 0 saturated heterocycles. The first-order valence-corrected chi connectivity index (χ1v) is 5.29. The molecule has 2 nitrogen and oxygen atoms in total. The zero-order valence-corrected chi connectivity index (χ0v) is 9.18. The summed E-state index contributed by atoms with van der Waals surface area (Å²) in [6, 6.07) is 5.28. The fourth-order valence-electron chi connectivity index (χ4n) is 1.21. The standard InChI is InChI=1S/C11H16ClNO/c1-2-3-4-5-14-11-7-9(12)6-10(13)8-11/h6-8H,2-5,13H2,1H3. The zero-order chi connectivity index (χ0) is 10.4. The van der Waals surface area contributed by atoms with Crippen LogP contribution >= 0.6 is 11.6 Å². The summed E-state index contributed by atoms with van der Waals surface area (Å²) in [5.41, 5.74) is 6.27. The minimum atomic E-state index is 0.621. The van der Waals surface area contributed by atoms with E-state index in [4.69, 9.17) is 22.1 Å². The average Bonchev–Trinajstić information content (AvgIpc) is 2.11. The Hall–Kier alpha value is -0.890. The van der Waals surface area contributed by atoms with Crippen molar-refractivity contribution in [3.05, 3.63) is 23.2 Å². The zero-order valence-electron chi connectivity index (χ0n) is 8.42. The number of halogens is 1. The molecule has 0 bridgehead atoms. The minimum Gasteiger partial charge on any atom is -0.493 e. The van der Waals surface area contributed by atoms with E-state index in [1.165, 1.54) is 12.8 Å². The molecule has 0 fully saturated rings. The number of rotatable bonds is 5. The maximum atomic E-state index is 5.83. The highest BCUT2D eigenvalue weighted by Crippen LogP contribution is 2.22. The summed E-state index contributed by atoms with van der Waals surface area (Å²) < 4.78 is 5.51. The Morgan fingerprint density at radius 2 is 2.07 bits per heavy atom. The Balaban J connectivity index is 2.42. The second kappa shape index (κ2) is 5.76. The first-order valence-electron chi connectivity index (χ1n) is 4.91. The summed E-state index contributed by atoms with van der Waals surface area (Å²) in [6.07, 6.45) is 3.46. The van der Waals surface area contributed by atoms with Gasteiger partial charge in [-0.15, -0.1) is 0 Å². The van der Waals surface area contributed by atoms with Gasteiger partial charge in [-0.2, -0.15) is 0 Å². The van der Waals surface area contributed by atoms with Crippen LogP contribution in [0.4, 0.5) is 5.69 Å². The monoisotopic (exact) mass is 213 g/mol. The van der Waals surface area contributed by atoms with Gasteiger partial charge in [0.2, 0.25) is 0 Å². The first-order chi connectivity index (χ1) is 6.72. The molecule has 1 rings (SSSR count). The lowest BCUT2D eigenvalue weighted by atomic mass is 10.2. The van der Waals surface area contributed by atoms with Crippen molar-refractivity contribution in [2.24, 2.45) is 0 Å². The van der Waals surface area contributed by atoms with Crippen LogP contribution in [0.25, 0.3) is 0 Å². The van der Waals surface area contributed by atoms with Gasteiger partial charge in [-0.1, -0.05) is 31.4 Å². The van der Waals surface area contributed by atoms with Gasteiger partial charge in [0.15, 0.2) is 0 Å². The summed E-state index contributed by atoms with van der Waals surface area (Å²) in [5.74, 6) is 0.756. The molecule has 0 saturated carbocycles. The maximum Gasteiger partial charge on any atom is 0.122 e. The van der Waals surface area contributed by atoms with Crippen molar-refractivity contribution in [1.29, 1.82) is 0 Å². The molecule has 0 amide bonds. The second-order valence-electron chi connectivity index (χ2n) is 3.28. The Morgan fingerprint density at radius 1 is 1.29 bits per heavy atom. The molecular formula is C11H16ClNO. The van der Waals surface area contributed by atoms with E-state index in [-0.39, 0.29) is 0 Å². The number of anilines is 1. The topological polar surface area (TPSA) is 35.2 Å². The summed E-state index contributed by atoms with van der Waals surface area (Å²) in [6.45, 7) is 2.89. The maximum absolute atomic E-state index is 5.83. The Morgan fingerprint density at radius 3 is 2.71 bits per heavy atom. The number of nitrogens with two attached hydrogens (primary N) is 1. The third-order valence-corrected chi connectivity index (χ3v) is 2.13. The smallest absolute Gasteiger partial charge is 0.122 e. The van der Waals surface area contributed by atoms with E-state index in [2.05, 4.69) is 6.92 Å². The van der Waals surface area contributed by atoms with Gasteiger partial charge in [0.25, 0.3) is 0 Å². The average molecular weight is 214 g/mol. The van der Waals surface area contributed by atoms with Crippen LogP contribution < -0.4 is 10.5 Å². The van der Waals surface area contributed by atoms with Crippen molar-refractivity contribution in [1.82, 2.24) is 0 Å². The molecule has 0 unspecified atom stereocenters. The highest BCUT2D eigenvalue weighted by molar-refractivity contribution is 6.31. The van der Waals surface area contributed by atoms with E-state index in [1.807, 2.05) is 0 Å². The number of ether oxygens (including phenoxy) is 1. The molecule has 0 heterocycles. The van der Waals surface area contributed by atoms with Crippen molar-refractivity contribution in [2.45, 2.75) is 26.2 Å². The van der Waals surface area contributed by atoms with Gasteiger partial charge < -0.3 is 10.5 Å². The molecule has 1 aromatic rings. The lowest BCUT2D eigenvalue weighted by Gasteiger charge is -2.06. The summed E-state index contributed by atoms with van der Waals surface area (Å²) in [5, 5.41) is 0.621. The van der Waals surface area contributed by atoms with Crippen molar-refractivity contribution in [3.63, 3.8) is 0 Å². The van der Waals surface area contributed by atoms with Crippen LogP contribution in [0, 0.1) is 0 Å². The summed E-state index contributed by atoms with van der Waals surface area (Å²) in [4.78, 5) is 0. The largest absolute Gasteiger partial charge is 0.493 e. The van der Waals surface area contributed by atoms with Crippen LogP contribution in [-0.4, -0.2) is 6.61 Å². The third kappa shape index (κ3) is 3.88. The van der Waals surface area contributed by atoms with Gasteiger partial charge in [0.05, 0.1) is 6.61 Å². The fourth-order valence-corrected chi connectivity index (χ4v) is 1.44. The van der Waals surface area contributed by atoms with Gasteiger partial charge in [0, 0.05) is 16.8 Å². The van der Waals surface area contributed by atoms with Crippen molar-refractivity contribution < 1.29 is 4.74 Å². The second-order valence-corrected chi connectivity index (χ2v) is 3.71. The lowest BCUT2D eigenvalue weighted by Crippen LogP contribution is -1.97. The number of nitrogen functional groups attached to an aromatic ring is 1. The van der Waals surface area contributed by atoms with Crippen LogP contribution in [0.3, 0.4) is 0 Å². The van der Waals surface area contributed by atoms with Crippen molar-refractivity contribution in [3.8, 4) is 5.75 Å². The lowest BCUT2D eigenvalue weighted by molar-refractivity contribution is 0.306. The molecule has 3 heteroatoms. The van der Waals surface area contributed by atoms with Crippen molar-refractivity contribution >= 4 is 17.3 Å². The van der Waals surface area contributed by atoms with Crippen LogP contribution in [0.1, 0.15) is 26.2 Å². The van der Waals surface area contributed by atoms with Crippen LogP contribution in [0.2, 0.25) is 5.02 Å². The van der Waals surface area contributed by atoms with Gasteiger partial charge in [0.1, 0.15) is 5.75 Å². The minimum absolute atomic E-state index is 0.621. The van der Waals surface area contributed by atoms with Gasteiger partial charge in [-0.3, -0.25) is 0 Å². The molecular weight excluding hydrogens is 198 g/mol. The van der Waals surface area contributed by atoms with Crippen LogP contribution in [0.5, 0.6) is 5.75 Å². The molecule has 78 valence electrons. The summed E-state index contributed by atoms with van der Waals surface area (Å²) >= 11 is 5.83. The Kier molecular flexibility index (Phi) is 4.60. The molecule has 0 radical (unpaired) electrons. The number of hydrogen-bond acceptors (Lipinski definition) is 2. The number of benzene rings is 1. The van der Waals surface area contributed by atoms with E-state index in [0.717, 1.165) is 18.8 Å². The molecule has 0 aromatic heterocycles. The highest BCUT2D eigenvalue weighted by atomic mass is 35.5. The molecule has 0 atom stereocenters. The molecule has 0 spiro atoms. The molecule has 2 N–H and O–H groups in total. The fraction of sp³-hybridized carbons (Fsp3) is 0.455. The van der Waals surface area contributed by atoms with Gasteiger partial charge in [-0.25, -0.2) is 0 Å². The normalized spacial score (nSPS) is 10.1. The number of hydrogen-bond donors (Lipinski definition) is 1. The molecule has 0 aliphatic heterocycles. The van der Waals surface area contributed by atoms with Gasteiger partial charge in [-0.05, 0) is 18.6 Å². The summed E-state index contributed by atoms with van der Waals surface area (Å²) in [7, 11) is 0. The van der Waals surface area contributed by atoms with E-state index in [0.29, 0.717) is 10.7 Å². The Labute approximate surface area is 90.0 Å². The molecule has 14 heavy (non-hydrogen) atoms. The third-order valence-electron chi connectivity index (χ3n) is 1.91. The van der Waals surface area contributed by atoms with Crippen LogP contribution in [0.15, 0.2) is 18.2 Å². The van der Waals surface area contributed by atoms with E-state index >= 15 is 0 Å².